The van der Waals surface area contributed by atoms with Gasteiger partial charge in [0, 0.05) is 11.8 Å². The second-order valence-electron chi connectivity index (χ2n) is 1.56. The summed E-state index contributed by atoms with van der Waals surface area (Å²) >= 11 is 0. The standard InChI is InChI=1S/C5H8N3/c6-2-1-5-3-7-8-4-5/h3H,1-2,6H2,(H,7,8). The monoisotopic (exact) mass is 110 g/mol. The lowest BCUT2D eigenvalue weighted by molar-refractivity contribution is 0.968. The first-order valence-electron chi connectivity index (χ1n) is 2.54. The Morgan fingerprint density at radius 3 is 3.25 bits per heavy atom. The van der Waals surface area contributed by atoms with Gasteiger partial charge in [-0.1, -0.05) is 0 Å². The molecule has 1 heterocycles. The molecule has 0 spiro atoms. The van der Waals surface area contributed by atoms with Gasteiger partial charge >= 0.3 is 0 Å². The Bertz CT molecular complexity index is 133. The zero-order valence-corrected chi connectivity index (χ0v) is 4.52. The number of hydrogen-bond acceptors (Lipinski definition) is 2. The van der Waals surface area contributed by atoms with Crippen LogP contribution in [0.2, 0.25) is 0 Å². The van der Waals surface area contributed by atoms with Crippen LogP contribution in [0.1, 0.15) is 5.56 Å². The molecule has 3 nitrogen and oxygen atoms in total. The van der Waals surface area contributed by atoms with Gasteiger partial charge < -0.3 is 5.73 Å². The summed E-state index contributed by atoms with van der Waals surface area (Å²) in [6.45, 7) is 0.663. The van der Waals surface area contributed by atoms with Crippen molar-refractivity contribution in [2.24, 2.45) is 5.73 Å². The molecule has 0 amide bonds. The van der Waals surface area contributed by atoms with Crippen LogP contribution in [0.4, 0.5) is 0 Å². The van der Waals surface area contributed by atoms with Gasteiger partial charge in [0.2, 0.25) is 0 Å². The fourth-order valence-electron chi connectivity index (χ4n) is 0.530. The van der Waals surface area contributed by atoms with Crippen molar-refractivity contribution in [3.8, 4) is 0 Å². The van der Waals surface area contributed by atoms with Gasteiger partial charge in [-0.25, -0.2) is 0 Å². The van der Waals surface area contributed by atoms with E-state index in [0.29, 0.717) is 6.54 Å². The quantitative estimate of drug-likeness (QED) is 0.549. The molecule has 1 aromatic heterocycles. The van der Waals surface area contributed by atoms with E-state index < -0.39 is 0 Å². The highest BCUT2D eigenvalue weighted by Crippen LogP contribution is 1.90. The molecule has 8 heavy (non-hydrogen) atoms. The molecule has 3 N–H and O–H groups in total. The first kappa shape index (κ1) is 5.31. The molecule has 0 bridgehead atoms. The van der Waals surface area contributed by atoms with Crippen molar-refractivity contribution in [1.82, 2.24) is 10.2 Å². The number of hydrogen-bond donors (Lipinski definition) is 2. The van der Waals surface area contributed by atoms with Gasteiger partial charge in [0.1, 0.15) is 6.20 Å². The lowest BCUT2D eigenvalue weighted by Gasteiger charge is -1.84. The normalized spacial score (nSPS) is 9.62. The van der Waals surface area contributed by atoms with Crippen LogP contribution in [0.3, 0.4) is 0 Å². The van der Waals surface area contributed by atoms with Crippen LogP contribution in [0, 0.1) is 6.20 Å². The van der Waals surface area contributed by atoms with Crippen molar-refractivity contribution < 1.29 is 0 Å². The largest absolute Gasteiger partial charge is 0.330 e. The molecule has 0 saturated heterocycles. The maximum absolute atomic E-state index is 5.26. The highest BCUT2D eigenvalue weighted by Gasteiger charge is 1.88. The third-order valence-corrected chi connectivity index (χ3v) is 0.917. The molecule has 0 aromatic carbocycles. The minimum absolute atomic E-state index is 0.663. The molecule has 0 aliphatic heterocycles. The lowest BCUT2D eigenvalue weighted by atomic mass is 10.3. The van der Waals surface area contributed by atoms with Gasteiger partial charge in [-0.2, -0.15) is 5.10 Å². The summed E-state index contributed by atoms with van der Waals surface area (Å²) in [5.41, 5.74) is 6.31. The number of rotatable bonds is 2. The summed E-state index contributed by atoms with van der Waals surface area (Å²) in [6, 6.07) is 0. The number of nitrogens with two attached hydrogens (primary N) is 1. The van der Waals surface area contributed by atoms with Gasteiger partial charge in [0.05, 0.1) is 0 Å². The van der Waals surface area contributed by atoms with Crippen LogP contribution < -0.4 is 5.73 Å². The molecular weight excluding hydrogens is 102 g/mol. The molecule has 0 unspecified atom stereocenters. The zero-order chi connectivity index (χ0) is 5.82. The predicted octanol–water partition coefficient (Wildman–Crippen LogP) is -0.289. The predicted molar refractivity (Wildman–Crippen MR) is 30.2 cm³/mol. The molecular formula is C5H8N3. The Hall–Kier alpha value is -0.830. The van der Waals surface area contributed by atoms with Crippen LogP contribution in [-0.4, -0.2) is 16.7 Å². The van der Waals surface area contributed by atoms with E-state index in [9.17, 15) is 0 Å². The van der Waals surface area contributed by atoms with E-state index in [1.807, 2.05) is 0 Å². The van der Waals surface area contributed by atoms with Crippen LogP contribution in [0.15, 0.2) is 6.20 Å². The van der Waals surface area contributed by atoms with Gasteiger partial charge in [-0.3, -0.25) is 5.10 Å². The molecule has 0 fully saturated rings. The fourth-order valence-corrected chi connectivity index (χ4v) is 0.530. The number of aromatic nitrogens is 2. The minimum Gasteiger partial charge on any atom is -0.330 e. The molecule has 1 rings (SSSR count). The van der Waals surface area contributed by atoms with Crippen molar-refractivity contribution in [3.05, 3.63) is 18.0 Å². The molecule has 0 atom stereocenters. The van der Waals surface area contributed by atoms with Crippen molar-refractivity contribution in [3.63, 3.8) is 0 Å². The average molecular weight is 110 g/mol. The van der Waals surface area contributed by atoms with Crippen LogP contribution >= 0.6 is 0 Å². The summed E-state index contributed by atoms with van der Waals surface area (Å²) in [6.07, 6.45) is 5.41. The smallest absolute Gasteiger partial charge is 0.116 e. The Labute approximate surface area is 47.9 Å². The highest BCUT2D eigenvalue weighted by atomic mass is 15.1. The second kappa shape index (κ2) is 2.47. The average Bonchev–Trinajstić information content (AvgIpc) is 2.19. The maximum Gasteiger partial charge on any atom is 0.116 e. The molecule has 1 aromatic rings. The summed E-state index contributed by atoms with van der Waals surface area (Å²) in [4.78, 5) is 0. The van der Waals surface area contributed by atoms with Crippen molar-refractivity contribution in [2.75, 3.05) is 6.54 Å². The van der Waals surface area contributed by atoms with Crippen molar-refractivity contribution in [1.29, 1.82) is 0 Å². The summed E-state index contributed by atoms with van der Waals surface area (Å²) in [5, 5.41) is 6.29. The Morgan fingerprint density at radius 2 is 2.75 bits per heavy atom. The maximum atomic E-state index is 5.26. The summed E-state index contributed by atoms with van der Waals surface area (Å²) < 4.78 is 0. The van der Waals surface area contributed by atoms with Gasteiger partial charge in [0.15, 0.2) is 0 Å². The Kier molecular flexibility index (Phi) is 1.64. The number of H-pyrrole nitrogens is 1. The van der Waals surface area contributed by atoms with Gasteiger partial charge in [-0.05, 0) is 13.0 Å². The Morgan fingerprint density at radius 1 is 1.88 bits per heavy atom. The van der Waals surface area contributed by atoms with Crippen molar-refractivity contribution in [2.45, 2.75) is 6.42 Å². The van der Waals surface area contributed by atoms with E-state index in [1.165, 1.54) is 0 Å². The van der Waals surface area contributed by atoms with Gasteiger partial charge in [-0.15, -0.1) is 0 Å². The lowest BCUT2D eigenvalue weighted by Crippen LogP contribution is -2.01. The SMILES string of the molecule is NCCc1[c]n[nH]c1. The molecule has 0 saturated carbocycles. The second-order valence-corrected chi connectivity index (χ2v) is 1.56. The molecule has 0 aliphatic rings. The Balaban J connectivity index is 2.50. The zero-order valence-electron chi connectivity index (χ0n) is 4.52. The topological polar surface area (TPSA) is 54.7 Å². The van der Waals surface area contributed by atoms with E-state index in [1.54, 1.807) is 6.20 Å². The van der Waals surface area contributed by atoms with E-state index in [-0.39, 0.29) is 0 Å². The number of nitrogens with one attached hydrogen (secondary N) is 1. The van der Waals surface area contributed by atoms with E-state index in [4.69, 9.17) is 5.73 Å². The third kappa shape index (κ3) is 1.07. The number of nitrogens with zero attached hydrogens (tertiary/aromatic N) is 1. The van der Waals surface area contributed by atoms with Crippen LogP contribution in [0.5, 0.6) is 0 Å². The summed E-state index contributed by atoms with van der Waals surface area (Å²) in [5.74, 6) is 0. The fraction of sp³-hybridized carbons (Fsp3) is 0.400. The van der Waals surface area contributed by atoms with E-state index >= 15 is 0 Å². The van der Waals surface area contributed by atoms with Gasteiger partial charge in [0.25, 0.3) is 0 Å². The van der Waals surface area contributed by atoms with E-state index in [2.05, 4.69) is 16.4 Å². The highest BCUT2D eigenvalue weighted by molar-refractivity contribution is 5.00. The van der Waals surface area contributed by atoms with Crippen LogP contribution in [0.25, 0.3) is 0 Å². The molecule has 1 radical (unpaired) electrons. The third-order valence-electron chi connectivity index (χ3n) is 0.917. The first-order valence-corrected chi connectivity index (χ1v) is 2.54. The van der Waals surface area contributed by atoms with Crippen molar-refractivity contribution >= 4 is 0 Å². The van der Waals surface area contributed by atoms with E-state index in [0.717, 1.165) is 12.0 Å². The molecule has 3 heteroatoms. The summed E-state index contributed by atoms with van der Waals surface area (Å²) in [7, 11) is 0. The molecule has 43 valence electrons. The van der Waals surface area contributed by atoms with Crippen LogP contribution in [-0.2, 0) is 6.42 Å². The molecule has 0 aliphatic carbocycles. The first-order chi connectivity index (χ1) is 3.93. The minimum atomic E-state index is 0.663. The number of aromatic amines is 1.